The van der Waals surface area contributed by atoms with E-state index in [-0.39, 0.29) is 12.8 Å². The van der Waals surface area contributed by atoms with Gasteiger partial charge in [-0.3, -0.25) is 9.59 Å². The molecule has 0 aliphatic rings. The van der Waals surface area contributed by atoms with Crippen molar-refractivity contribution in [1.82, 2.24) is 0 Å². The molecule has 0 unspecified atom stereocenters. The van der Waals surface area contributed by atoms with E-state index in [1.807, 2.05) is 0 Å². The summed E-state index contributed by atoms with van der Waals surface area (Å²) in [6.07, 6.45) is 0.443. The van der Waals surface area contributed by atoms with Crippen LogP contribution >= 0.6 is 23.2 Å². The van der Waals surface area contributed by atoms with Gasteiger partial charge in [-0.05, 0) is 71.4 Å². The van der Waals surface area contributed by atoms with Gasteiger partial charge in [0.15, 0.2) is 23.0 Å². The zero-order chi connectivity index (χ0) is 22.3. The molecule has 0 fully saturated rings. The van der Waals surface area contributed by atoms with Crippen molar-refractivity contribution < 1.29 is 28.5 Å². The fourth-order valence-corrected chi connectivity index (χ4v) is 3.74. The molecule has 6 nitrogen and oxygen atoms in total. The van der Waals surface area contributed by atoms with Crippen LogP contribution in [-0.2, 0) is 22.4 Å². The van der Waals surface area contributed by atoms with Crippen LogP contribution in [0, 0.1) is 11.8 Å². The predicted octanol–water partition coefficient (Wildman–Crippen LogP) is 4.27. The molecule has 0 aromatic heterocycles. The highest BCUT2D eigenvalue weighted by Gasteiger charge is 2.32. The molecule has 2 rings (SSSR count). The van der Waals surface area contributed by atoms with E-state index in [0.717, 1.165) is 11.1 Å². The van der Waals surface area contributed by atoms with Gasteiger partial charge in [-0.2, -0.15) is 0 Å². The van der Waals surface area contributed by atoms with Crippen molar-refractivity contribution >= 4 is 33.7 Å². The van der Waals surface area contributed by atoms with Crippen LogP contribution in [0.5, 0.6) is 23.0 Å². The molecule has 2 atom stereocenters. The number of rotatable bonds is 11. The molecule has 2 aromatic rings. The quantitative estimate of drug-likeness (QED) is 0.472. The lowest BCUT2D eigenvalue weighted by molar-refractivity contribution is -0.123. The van der Waals surface area contributed by atoms with Crippen molar-refractivity contribution in [2.75, 3.05) is 28.4 Å². The molecule has 30 heavy (non-hydrogen) atoms. The molecule has 0 heterocycles. The molecule has 0 saturated heterocycles. The third-order valence-electron chi connectivity index (χ3n) is 4.88. The van der Waals surface area contributed by atoms with E-state index in [4.69, 9.17) is 42.1 Å². The van der Waals surface area contributed by atoms with Crippen LogP contribution in [0.4, 0.5) is 0 Å². The van der Waals surface area contributed by atoms with E-state index in [9.17, 15) is 9.59 Å². The van der Waals surface area contributed by atoms with Gasteiger partial charge in [-0.15, -0.1) is 0 Å². The average Bonchev–Trinajstić information content (AvgIpc) is 2.75. The summed E-state index contributed by atoms with van der Waals surface area (Å²) in [5, 5.41) is -1.27. The summed E-state index contributed by atoms with van der Waals surface area (Å²) >= 11 is 11.8. The maximum Gasteiger partial charge on any atom is 0.225 e. The van der Waals surface area contributed by atoms with Gasteiger partial charge < -0.3 is 18.9 Å². The van der Waals surface area contributed by atoms with E-state index >= 15 is 0 Å². The Labute approximate surface area is 186 Å². The van der Waals surface area contributed by atoms with Gasteiger partial charge in [-0.1, -0.05) is 12.1 Å². The Morgan fingerprint density at radius 3 is 1.27 bits per heavy atom. The van der Waals surface area contributed by atoms with Gasteiger partial charge >= 0.3 is 0 Å². The predicted molar refractivity (Wildman–Crippen MR) is 115 cm³/mol. The first-order valence-corrected chi connectivity index (χ1v) is 9.90. The van der Waals surface area contributed by atoms with Crippen LogP contribution in [0.2, 0.25) is 0 Å². The summed E-state index contributed by atoms with van der Waals surface area (Å²) in [7, 11) is 6.11. The third kappa shape index (κ3) is 5.80. The van der Waals surface area contributed by atoms with Crippen LogP contribution < -0.4 is 18.9 Å². The molecule has 0 saturated carbocycles. The van der Waals surface area contributed by atoms with Crippen molar-refractivity contribution in [1.29, 1.82) is 0 Å². The Morgan fingerprint density at radius 1 is 0.667 bits per heavy atom. The number of methoxy groups -OCH3 is 4. The molecule has 0 amide bonds. The first kappa shape index (κ1) is 23.8. The van der Waals surface area contributed by atoms with Crippen LogP contribution in [-0.4, -0.2) is 38.9 Å². The Morgan fingerprint density at radius 2 is 1.00 bits per heavy atom. The van der Waals surface area contributed by atoms with E-state index < -0.39 is 22.3 Å². The minimum absolute atomic E-state index is 0.221. The SMILES string of the molecule is COc1ccc(C[C@H](C(=O)Cl)[C@@H](Cc2ccc(OC)c(OC)c2)C(=O)Cl)cc1OC. The van der Waals surface area contributed by atoms with Crippen molar-refractivity contribution in [3.05, 3.63) is 47.5 Å². The molecular weight excluding hydrogens is 431 g/mol. The lowest BCUT2D eigenvalue weighted by atomic mass is 9.84. The minimum atomic E-state index is -0.817. The van der Waals surface area contributed by atoms with Gasteiger partial charge in [0.2, 0.25) is 10.5 Å². The summed E-state index contributed by atoms with van der Waals surface area (Å²) in [5.74, 6) is 0.523. The zero-order valence-corrected chi connectivity index (χ0v) is 18.8. The van der Waals surface area contributed by atoms with Crippen molar-refractivity contribution in [3.8, 4) is 23.0 Å². The van der Waals surface area contributed by atoms with Gasteiger partial charge in [0.05, 0.1) is 28.4 Å². The number of carbonyl (C=O) groups excluding carboxylic acids is 2. The Bertz CT molecular complexity index is 826. The highest BCUT2D eigenvalue weighted by Crippen LogP contribution is 2.33. The minimum Gasteiger partial charge on any atom is -0.493 e. The Hall–Kier alpha value is -2.44. The lowest BCUT2D eigenvalue weighted by Gasteiger charge is -2.22. The molecule has 162 valence electrons. The van der Waals surface area contributed by atoms with E-state index in [2.05, 4.69) is 0 Å². The monoisotopic (exact) mass is 454 g/mol. The Kier molecular flexibility index (Phi) is 8.81. The molecule has 2 aromatic carbocycles. The number of hydrogen-bond acceptors (Lipinski definition) is 6. The third-order valence-corrected chi connectivity index (χ3v) is 5.44. The van der Waals surface area contributed by atoms with E-state index in [1.54, 1.807) is 36.4 Å². The maximum absolute atomic E-state index is 12.2. The normalized spacial score (nSPS) is 12.6. The second kappa shape index (κ2) is 11.1. The topological polar surface area (TPSA) is 71.1 Å². The summed E-state index contributed by atoms with van der Waals surface area (Å²) in [5.41, 5.74) is 1.53. The number of benzene rings is 2. The largest absolute Gasteiger partial charge is 0.493 e. The molecule has 0 aliphatic heterocycles. The summed E-state index contributed by atoms with van der Waals surface area (Å²) < 4.78 is 21.1. The molecule has 0 radical (unpaired) electrons. The molecule has 0 spiro atoms. The summed E-state index contributed by atoms with van der Waals surface area (Å²) in [6.45, 7) is 0. The number of hydrogen-bond donors (Lipinski definition) is 0. The number of ether oxygens (including phenoxy) is 4. The van der Waals surface area contributed by atoms with Gasteiger partial charge in [0.25, 0.3) is 0 Å². The van der Waals surface area contributed by atoms with Crippen molar-refractivity contribution in [2.24, 2.45) is 11.8 Å². The second-order valence-electron chi connectivity index (χ2n) is 6.61. The van der Waals surface area contributed by atoms with E-state index in [0.29, 0.717) is 23.0 Å². The van der Waals surface area contributed by atoms with Gasteiger partial charge in [-0.25, -0.2) is 0 Å². The Balaban J connectivity index is 2.33. The van der Waals surface area contributed by atoms with Crippen molar-refractivity contribution in [2.45, 2.75) is 12.8 Å². The lowest BCUT2D eigenvalue weighted by Crippen LogP contribution is -2.29. The van der Waals surface area contributed by atoms with Crippen LogP contribution in [0.25, 0.3) is 0 Å². The van der Waals surface area contributed by atoms with Crippen LogP contribution in [0.3, 0.4) is 0 Å². The van der Waals surface area contributed by atoms with Crippen LogP contribution in [0.15, 0.2) is 36.4 Å². The van der Waals surface area contributed by atoms with Crippen molar-refractivity contribution in [3.63, 3.8) is 0 Å². The molecule has 0 aliphatic carbocycles. The van der Waals surface area contributed by atoms with Crippen LogP contribution in [0.1, 0.15) is 11.1 Å². The number of halogens is 2. The number of carbonyl (C=O) groups is 2. The maximum atomic E-state index is 12.2. The highest BCUT2D eigenvalue weighted by atomic mass is 35.5. The fourth-order valence-electron chi connectivity index (χ4n) is 3.28. The smallest absolute Gasteiger partial charge is 0.225 e. The molecule has 0 bridgehead atoms. The second-order valence-corrected chi connectivity index (χ2v) is 7.35. The summed E-state index contributed by atoms with van der Waals surface area (Å²) in [4.78, 5) is 24.5. The highest BCUT2D eigenvalue weighted by molar-refractivity contribution is 6.66. The molecule has 0 N–H and O–H groups in total. The standard InChI is InChI=1S/C22H24Cl2O6/c1-27-17-7-5-13(11-19(17)29-3)9-15(21(23)25)16(22(24)26)10-14-6-8-18(28-2)20(12-14)30-4/h5-8,11-12,15-16H,9-10H2,1-4H3/t15-,16+. The first-order valence-electron chi connectivity index (χ1n) is 9.15. The van der Waals surface area contributed by atoms with Gasteiger partial charge in [0, 0.05) is 11.8 Å². The summed E-state index contributed by atoms with van der Waals surface area (Å²) in [6, 6.07) is 10.5. The molecule has 8 heteroatoms. The zero-order valence-electron chi connectivity index (χ0n) is 17.2. The average molecular weight is 455 g/mol. The van der Waals surface area contributed by atoms with Gasteiger partial charge in [0.1, 0.15) is 0 Å². The van der Waals surface area contributed by atoms with E-state index in [1.165, 1.54) is 28.4 Å². The molecular formula is C22H24Cl2O6. The first-order chi connectivity index (χ1) is 14.3. The fraction of sp³-hybridized carbons (Fsp3) is 0.364.